The number of aldehydes is 1. The third kappa shape index (κ3) is 5.24. The van der Waals surface area contributed by atoms with Crippen molar-refractivity contribution >= 4 is 23.8 Å². The van der Waals surface area contributed by atoms with Crippen molar-refractivity contribution in [3.63, 3.8) is 0 Å². The molecule has 21 heavy (non-hydrogen) atoms. The zero-order valence-electron chi connectivity index (χ0n) is 12.1. The predicted molar refractivity (Wildman–Crippen MR) is 78.4 cm³/mol. The van der Waals surface area contributed by atoms with Crippen molar-refractivity contribution in [2.45, 2.75) is 13.0 Å². The van der Waals surface area contributed by atoms with Gasteiger partial charge in [-0.05, 0) is 19.1 Å². The average Bonchev–Trinajstić information content (AvgIpc) is 2.45. The molecular formula is C14H18ClNO5. The Kier molecular flexibility index (Phi) is 6.98. The van der Waals surface area contributed by atoms with E-state index in [0.717, 1.165) is 0 Å². The second-order valence-electron chi connectivity index (χ2n) is 4.36. The number of ether oxygens (including phenoxy) is 3. The maximum atomic E-state index is 11.7. The lowest BCUT2D eigenvalue weighted by molar-refractivity contribution is -0.124. The van der Waals surface area contributed by atoms with Gasteiger partial charge in [-0.3, -0.25) is 9.59 Å². The lowest BCUT2D eigenvalue weighted by atomic mass is 10.2. The summed E-state index contributed by atoms with van der Waals surface area (Å²) < 4.78 is 15.4. The molecule has 0 saturated heterocycles. The van der Waals surface area contributed by atoms with Gasteiger partial charge in [0.25, 0.3) is 5.91 Å². The number of carbonyl (C=O) groups excluding carboxylic acids is 2. The van der Waals surface area contributed by atoms with Crippen LogP contribution in [0.2, 0.25) is 5.02 Å². The van der Waals surface area contributed by atoms with E-state index in [2.05, 4.69) is 5.32 Å². The summed E-state index contributed by atoms with van der Waals surface area (Å²) in [5.41, 5.74) is 0.363. The Balaban J connectivity index is 2.70. The topological polar surface area (TPSA) is 73.9 Å². The van der Waals surface area contributed by atoms with E-state index in [9.17, 15) is 9.59 Å². The van der Waals surface area contributed by atoms with E-state index in [1.165, 1.54) is 19.2 Å². The zero-order valence-corrected chi connectivity index (χ0v) is 12.9. The monoisotopic (exact) mass is 315 g/mol. The van der Waals surface area contributed by atoms with Crippen LogP contribution in [0.25, 0.3) is 0 Å². The average molecular weight is 316 g/mol. The van der Waals surface area contributed by atoms with Gasteiger partial charge >= 0.3 is 0 Å². The highest BCUT2D eigenvalue weighted by molar-refractivity contribution is 6.32. The van der Waals surface area contributed by atoms with Crippen LogP contribution in [0, 0.1) is 0 Å². The number of methoxy groups -OCH3 is 2. The summed E-state index contributed by atoms with van der Waals surface area (Å²) in [7, 11) is 2.98. The molecule has 0 aliphatic heterocycles. The molecule has 0 heterocycles. The number of halogens is 1. The molecule has 6 nitrogen and oxygen atoms in total. The van der Waals surface area contributed by atoms with Gasteiger partial charge in [-0.2, -0.15) is 0 Å². The van der Waals surface area contributed by atoms with Crippen LogP contribution in [-0.2, 0) is 9.53 Å². The lowest BCUT2D eigenvalue weighted by Crippen LogP contribution is -2.38. The molecule has 1 aromatic carbocycles. The Bertz CT molecular complexity index is 506. The number of nitrogens with one attached hydrogen (secondary N) is 1. The Labute approximate surface area is 128 Å². The first-order chi connectivity index (χ1) is 10.0. The van der Waals surface area contributed by atoms with Crippen molar-refractivity contribution in [1.29, 1.82) is 0 Å². The lowest BCUT2D eigenvalue weighted by Gasteiger charge is -2.15. The number of amides is 1. The third-order valence-electron chi connectivity index (χ3n) is 2.56. The molecule has 0 saturated carbocycles. The molecule has 1 amide bonds. The molecule has 0 bridgehead atoms. The van der Waals surface area contributed by atoms with Gasteiger partial charge in [0, 0.05) is 18.7 Å². The Morgan fingerprint density at radius 1 is 1.43 bits per heavy atom. The van der Waals surface area contributed by atoms with Crippen molar-refractivity contribution < 1.29 is 23.8 Å². The van der Waals surface area contributed by atoms with E-state index in [-0.39, 0.29) is 29.3 Å². The van der Waals surface area contributed by atoms with Crippen molar-refractivity contribution in [2.75, 3.05) is 27.4 Å². The van der Waals surface area contributed by atoms with E-state index in [1.807, 2.05) is 6.92 Å². The highest BCUT2D eigenvalue weighted by Gasteiger charge is 2.14. The fraction of sp³-hybridized carbons (Fsp3) is 0.429. The zero-order chi connectivity index (χ0) is 15.8. The summed E-state index contributed by atoms with van der Waals surface area (Å²) >= 11 is 6.02. The van der Waals surface area contributed by atoms with Crippen molar-refractivity contribution in [2.24, 2.45) is 0 Å². The second-order valence-corrected chi connectivity index (χ2v) is 4.77. The molecule has 0 radical (unpaired) electrons. The molecule has 0 fully saturated rings. The quantitative estimate of drug-likeness (QED) is 0.739. The number of hydrogen-bond acceptors (Lipinski definition) is 5. The first kappa shape index (κ1) is 17.3. The van der Waals surface area contributed by atoms with Crippen LogP contribution in [0.5, 0.6) is 11.5 Å². The van der Waals surface area contributed by atoms with Gasteiger partial charge in [-0.1, -0.05) is 11.6 Å². The maximum absolute atomic E-state index is 11.7. The van der Waals surface area contributed by atoms with Gasteiger partial charge in [-0.25, -0.2) is 0 Å². The Morgan fingerprint density at radius 3 is 2.71 bits per heavy atom. The highest BCUT2D eigenvalue weighted by Crippen LogP contribution is 2.35. The van der Waals surface area contributed by atoms with Gasteiger partial charge in [0.05, 0.1) is 18.7 Å². The van der Waals surface area contributed by atoms with E-state index >= 15 is 0 Å². The molecule has 116 valence electrons. The highest BCUT2D eigenvalue weighted by atomic mass is 35.5. The van der Waals surface area contributed by atoms with Crippen molar-refractivity contribution in [3.05, 3.63) is 22.7 Å². The molecular weight excluding hydrogens is 298 g/mol. The maximum Gasteiger partial charge on any atom is 0.258 e. The Morgan fingerprint density at radius 2 is 2.14 bits per heavy atom. The summed E-state index contributed by atoms with van der Waals surface area (Å²) in [5.74, 6) is 0.207. The summed E-state index contributed by atoms with van der Waals surface area (Å²) in [4.78, 5) is 22.5. The van der Waals surface area contributed by atoms with E-state index in [4.69, 9.17) is 25.8 Å². The summed E-state index contributed by atoms with van der Waals surface area (Å²) in [6.07, 6.45) is 0.650. The summed E-state index contributed by atoms with van der Waals surface area (Å²) in [6, 6.07) is 2.80. The van der Waals surface area contributed by atoms with Crippen molar-refractivity contribution in [1.82, 2.24) is 5.32 Å². The minimum absolute atomic E-state index is 0.124. The van der Waals surface area contributed by atoms with Gasteiger partial charge in [0.2, 0.25) is 0 Å². The molecule has 1 rings (SSSR count). The van der Waals surface area contributed by atoms with E-state index in [0.29, 0.717) is 24.2 Å². The SMILES string of the molecule is COCC(C)NC(=O)COc1c(Cl)cc(C=O)cc1OC. The van der Waals surface area contributed by atoms with Crippen LogP contribution >= 0.6 is 11.6 Å². The van der Waals surface area contributed by atoms with Crippen LogP contribution in [0.1, 0.15) is 17.3 Å². The summed E-state index contributed by atoms with van der Waals surface area (Å²) in [5, 5.41) is 2.90. The molecule has 0 aliphatic carbocycles. The van der Waals surface area contributed by atoms with Crippen LogP contribution < -0.4 is 14.8 Å². The first-order valence-electron chi connectivity index (χ1n) is 6.25. The van der Waals surface area contributed by atoms with Crippen LogP contribution in [-0.4, -0.2) is 45.7 Å². The summed E-state index contributed by atoms with van der Waals surface area (Å²) in [6.45, 7) is 2.00. The third-order valence-corrected chi connectivity index (χ3v) is 2.84. The molecule has 1 N–H and O–H groups in total. The number of hydrogen-bond donors (Lipinski definition) is 1. The van der Waals surface area contributed by atoms with E-state index in [1.54, 1.807) is 7.11 Å². The molecule has 1 aromatic rings. The molecule has 1 atom stereocenters. The minimum atomic E-state index is -0.308. The normalized spacial score (nSPS) is 11.6. The molecule has 0 spiro atoms. The Hall–Kier alpha value is -1.79. The predicted octanol–water partition coefficient (Wildman–Crippen LogP) is 1.69. The van der Waals surface area contributed by atoms with Gasteiger partial charge in [-0.15, -0.1) is 0 Å². The van der Waals surface area contributed by atoms with Gasteiger partial charge in [0.15, 0.2) is 18.1 Å². The smallest absolute Gasteiger partial charge is 0.258 e. The van der Waals surface area contributed by atoms with Crippen LogP contribution in [0.3, 0.4) is 0 Å². The van der Waals surface area contributed by atoms with Gasteiger partial charge < -0.3 is 19.5 Å². The standard InChI is InChI=1S/C14H18ClNO5/c1-9(7-19-2)16-13(18)8-21-14-11(15)4-10(6-17)5-12(14)20-3/h4-6,9H,7-8H2,1-3H3,(H,16,18). The fourth-order valence-corrected chi connectivity index (χ4v) is 1.97. The van der Waals surface area contributed by atoms with E-state index < -0.39 is 0 Å². The first-order valence-corrected chi connectivity index (χ1v) is 6.63. The molecule has 1 unspecified atom stereocenters. The minimum Gasteiger partial charge on any atom is -0.493 e. The molecule has 0 aromatic heterocycles. The number of carbonyl (C=O) groups is 2. The van der Waals surface area contributed by atoms with Gasteiger partial charge in [0.1, 0.15) is 6.29 Å². The largest absolute Gasteiger partial charge is 0.493 e. The second kappa shape index (κ2) is 8.49. The number of benzene rings is 1. The number of rotatable bonds is 8. The van der Waals surface area contributed by atoms with Crippen molar-refractivity contribution in [3.8, 4) is 11.5 Å². The van der Waals surface area contributed by atoms with Crippen LogP contribution in [0.15, 0.2) is 12.1 Å². The molecule has 0 aliphatic rings. The fourth-order valence-electron chi connectivity index (χ4n) is 1.69. The van der Waals surface area contributed by atoms with Crippen LogP contribution in [0.4, 0.5) is 0 Å². The molecule has 7 heteroatoms.